The lowest BCUT2D eigenvalue weighted by molar-refractivity contribution is -0.193. The molecule has 0 saturated heterocycles. The highest BCUT2D eigenvalue weighted by molar-refractivity contribution is 5.96. The van der Waals surface area contributed by atoms with Crippen LogP contribution in [0.2, 0.25) is 0 Å². The van der Waals surface area contributed by atoms with E-state index in [1.165, 1.54) is 6.08 Å². The number of fused-ring (bicyclic) bond motifs is 3. The zero-order chi connectivity index (χ0) is 36.4. The lowest BCUT2D eigenvalue weighted by Gasteiger charge is -2.48. The SMILES string of the molecule is CC1=C[C@]23C(=O)[C@@H](C=C(COC(=O)[C@H](C)C(C)C)[C@@H](O)[C@]2(O)[C@H]1O)[C@@H]1[C@](C)(COC(=O)c2ccccc2)[C@]1(OC(=O)[C@H](C)C(C)C)C[C@H]3C. The molecule has 3 N–H and O–H groups in total. The minimum absolute atomic E-state index is 0.0176. The van der Waals surface area contributed by atoms with Crippen LogP contribution in [-0.2, 0) is 28.6 Å². The minimum Gasteiger partial charge on any atom is -0.461 e. The van der Waals surface area contributed by atoms with Gasteiger partial charge in [0.15, 0.2) is 5.78 Å². The van der Waals surface area contributed by atoms with Crippen LogP contribution < -0.4 is 0 Å². The van der Waals surface area contributed by atoms with Crippen molar-refractivity contribution in [2.24, 2.45) is 52.3 Å². The molecule has 0 unspecified atom stereocenters. The van der Waals surface area contributed by atoms with Crippen LogP contribution in [0.1, 0.15) is 79.1 Å². The van der Waals surface area contributed by atoms with Crippen LogP contribution in [0, 0.1) is 52.3 Å². The van der Waals surface area contributed by atoms with Gasteiger partial charge in [0, 0.05) is 17.3 Å². The predicted octanol–water partition coefficient (Wildman–Crippen LogP) is 4.45. The Kier molecular flexibility index (Phi) is 9.62. The van der Waals surface area contributed by atoms with E-state index < -0.39 is 94.1 Å². The molecule has 1 spiro atoms. The molecule has 2 fully saturated rings. The summed E-state index contributed by atoms with van der Waals surface area (Å²) in [6.07, 6.45) is -0.199. The molecule has 268 valence electrons. The van der Waals surface area contributed by atoms with Crippen molar-refractivity contribution in [3.63, 3.8) is 0 Å². The van der Waals surface area contributed by atoms with Crippen molar-refractivity contribution in [2.45, 2.75) is 92.1 Å². The van der Waals surface area contributed by atoms with E-state index in [1.807, 2.05) is 34.6 Å². The first-order valence-corrected chi connectivity index (χ1v) is 17.5. The van der Waals surface area contributed by atoms with E-state index in [1.54, 1.807) is 64.1 Å². The van der Waals surface area contributed by atoms with Gasteiger partial charge in [-0.3, -0.25) is 14.4 Å². The van der Waals surface area contributed by atoms with Gasteiger partial charge < -0.3 is 29.5 Å². The summed E-state index contributed by atoms with van der Waals surface area (Å²) in [5, 5.41) is 36.0. The number of rotatable bonds is 10. The summed E-state index contributed by atoms with van der Waals surface area (Å²) in [5.74, 6) is -5.55. The molecule has 10 nitrogen and oxygen atoms in total. The average molecular weight is 681 g/mol. The molecule has 0 aliphatic heterocycles. The Labute approximate surface area is 288 Å². The molecule has 0 heterocycles. The number of benzene rings is 1. The third kappa shape index (κ3) is 5.40. The Morgan fingerprint density at radius 2 is 1.51 bits per heavy atom. The van der Waals surface area contributed by atoms with Crippen molar-refractivity contribution in [2.75, 3.05) is 13.2 Å². The number of ketones is 1. The number of carbonyl (C=O) groups excluding carboxylic acids is 4. The van der Waals surface area contributed by atoms with E-state index in [9.17, 15) is 29.7 Å². The fraction of sp³-hybridized carbons (Fsp3) is 0.641. The molecule has 11 atom stereocenters. The predicted molar refractivity (Wildman–Crippen MR) is 180 cm³/mol. The molecular formula is C39H52O10. The number of allylic oxidation sites excluding steroid dienone is 1. The maximum Gasteiger partial charge on any atom is 0.338 e. The molecule has 2 bridgehead atoms. The quantitative estimate of drug-likeness (QED) is 0.183. The van der Waals surface area contributed by atoms with E-state index in [0.29, 0.717) is 11.1 Å². The molecule has 2 saturated carbocycles. The number of hydrogen-bond acceptors (Lipinski definition) is 10. The van der Waals surface area contributed by atoms with Crippen LogP contribution in [0.15, 0.2) is 53.6 Å². The molecular weight excluding hydrogens is 628 g/mol. The zero-order valence-corrected chi connectivity index (χ0v) is 30.1. The van der Waals surface area contributed by atoms with Gasteiger partial charge in [-0.05, 0) is 54.4 Å². The van der Waals surface area contributed by atoms with Crippen LogP contribution in [0.5, 0.6) is 0 Å². The van der Waals surface area contributed by atoms with Gasteiger partial charge in [-0.25, -0.2) is 4.79 Å². The Balaban J connectivity index is 1.64. The van der Waals surface area contributed by atoms with E-state index in [2.05, 4.69) is 0 Å². The van der Waals surface area contributed by atoms with Crippen LogP contribution in [0.3, 0.4) is 0 Å². The molecule has 4 aliphatic rings. The minimum atomic E-state index is -2.40. The standard InChI is InChI=1S/C39H52O10/c1-20(2)24(7)33(43)47-18-27-15-28-29-36(9,19-48-35(45)26-13-11-10-12-14-26)38(29,49-34(44)25(8)21(3)4)17-23(6)37(32(28)42)16-22(5)30(40)39(37,46)31(27)41/h10-16,20-21,23-25,28-31,40-41,46H,17-19H2,1-9H3/t23-,24-,25-,28+,29-,30+,31-,36+,37+,38+,39-/m1/s1. The Hall–Kier alpha value is -3.34. The average Bonchev–Trinajstić information content (AvgIpc) is 3.52. The van der Waals surface area contributed by atoms with Crippen LogP contribution >= 0.6 is 0 Å². The Morgan fingerprint density at radius 1 is 0.918 bits per heavy atom. The summed E-state index contributed by atoms with van der Waals surface area (Å²) in [6.45, 7) is 15.7. The molecule has 1 aromatic rings. The van der Waals surface area contributed by atoms with Crippen LogP contribution in [0.25, 0.3) is 0 Å². The third-order valence-corrected chi connectivity index (χ3v) is 12.6. The lowest BCUT2D eigenvalue weighted by Crippen LogP contribution is -2.65. The molecule has 4 aliphatic carbocycles. The van der Waals surface area contributed by atoms with Crippen molar-refractivity contribution in [3.05, 3.63) is 59.2 Å². The second-order valence-electron chi connectivity index (χ2n) is 15.9. The number of aliphatic hydroxyl groups excluding tert-OH is 2. The van der Waals surface area contributed by atoms with Gasteiger partial charge in [-0.2, -0.15) is 0 Å². The largest absolute Gasteiger partial charge is 0.461 e. The number of ether oxygens (including phenoxy) is 3. The van der Waals surface area contributed by atoms with Gasteiger partial charge in [0.25, 0.3) is 0 Å². The van der Waals surface area contributed by atoms with Gasteiger partial charge in [-0.15, -0.1) is 0 Å². The first kappa shape index (κ1) is 36.9. The lowest BCUT2D eigenvalue weighted by atomic mass is 9.59. The van der Waals surface area contributed by atoms with Crippen molar-refractivity contribution in [1.82, 2.24) is 0 Å². The fourth-order valence-corrected chi connectivity index (χ4v) is 8.72. The summed E-state index contributed by atoms with van der Waals surface area (Å²) in [4.78, 5) is 55.0. The Morgan fingerprint density at radius 3 is 2.10 bits per heavy atom. The topological polar surface area (TPSA) is 157 Å². The van der Waals surface area contributed by atoms with Gasteiger partial charge in [0.1, 0.15) is 36.6 Å². The number of Topliss-reactive ketones (excluding diaryl/α,β-unsaturated/α-hetero) is 1. The van der Waals surface area contributed by atoms with Gasteiger partial charge in [0.05, 0.1) is 22.8 Å². The van der Waals surface area contributed by atoms with Crippen molar-refractivity contribution >= 4 is 23.7 Å². The smallest absolute Gasteiger partial charge is 0.338 e. The first-order valence-electron chi connectivity index (χ1n) is 17.5. The molecule has 0 amide bonds. The number of aliphatic hydroxyl groups is 3. The molecule has 0 radical (unpaired) electrons. The summed E-state index contributed by atoms with van der Waals surface area (Å²) in [6, 6.07) is 8.50. The molecule has 10 heteroatoms. The number of esters is 3. The third-order valence-electron chi connectivity index (χ3n) is 12.6. The van der Waals surface area contributed by atoms with Crippen LogP contribution in [-0.4, -0.2) is 75.6 Å². The number of hydrogen-bond donors (Lipinski definition) is 3. The van der Waals surface area contributed by atoms with E-state index in [4.69, 9.17) is 14.2 Å². The Bertz CT molecular complexity index is 1560. The normalized spacial score (nSPS) is 37.5. The molecule has 5 rings (SSSR count). The highest BCUT2D eigenvalue weighted by atomic mass is 16.6. The fourth-order valence-electron chi connectivity index (χ4n) is 8.72. The van der Waals surface area contributed by atoms with Gasteiger partial charge in [-0.1, -0.05) is 85.7 Å². The monoisotopic (exact) mass is 680 g/mol. The van der Waals surface area contributed by atoms with E-state index >= 15 is 4.79 Å². The summed E-state index contributed by atoms with van der Waals surface area (Å²) in [5.41, 5.74) is -5.79. The zero-order valence-electron chi connectivity index (χ0n) is 30.1. The summed E-state index contributed by atoms with van der Waals surface area (Å²) in [7, 11) is 0. The highest BCUT2D eigenvalue weighted by Crippen LogP contribution is 2.75. The second kappa shape index (κ2) is 12.8. The second-order valence-corrected chi connectivity index (χ2v) is 15.9. The van der Waals surface area contributed by atoms with Crippen LogP contribution in [0.4, 0.5) is 0 Å². The maximum atomic E-state index is 15.1. The summed E-state index contributed by atoms with van der Waals surface area (Å²) < 4.78 is 18.0. The molecule has 0 aromatic heterocycles. The van der Waals surface area contributed by atoms with E-state index in [-0.39, 0.29) is 30.4 Å². The maximum absolute atomic E-state index is 15.1. The van der Waals surface area contributed by atoms with E-state index in [0.717, 1.165) is 0 Å². The van der Waals surface area contributed by atoms with Gasteiger partial charge in [0.2, 0.25) is 0 Å². The highest BCUT2D eigenvalue weighted by Gasteiger charge is 2.85. The summed E-state index contributed by atoms with van der Waals surface area (Å²) >= 11 is 0. The van der Waals surface area contributed by atoms with Crippen molar-refractivity contribution in [3.8, 4) is 0 Å². The molecule has 49 heavy (non-hydrogen) atoms. The van der Waals surface area contributed by atoms with Crippen molar-refractivity contribution in [1.29, 1.82) is 0 Å². The molecule has 1 aromatic carbocycles. The number of carbonyl (C=O) groups is 4. The first-order chi connectivity index (χ1) is 22.8. The van der Waals surface area contributed by atoms with Crippen molar-refractivity contribution < 1.29 is 48.7 Å². The van der Waals surface area contributed by atoms with Gasteiger partial charge >= 0.3 is 17.9 Å².